The second kappa shape index (κ2) is 8.98. The van der Waals surface area contributed by atoms with Crippen molar-refractivity contribution in [2.45, 2.75) is 76.3 Å². The van der Waals surface area contributed by atoms with Crippen LogP contribution in [0.3, 0.4) is 0 Å². The molecular weight excluding hydrogens is 300 g/mol. The first-order valence-electron chi connectivity index (χ1n) is 8.68. The smallest absolute Gasteiger partial charge is 0.125 e. The first kappa shape index (κ1) is 19.6. The molecule has 0 saturated carbocycles. The van der Waals surface area contributed by atoms with Gasteiger partial charge in [-0.25, -0.2) is 0 Å². The third-order valence-corrected chi connectivity index (χ3v) is 17.8. The molecule has 124 valence electrons. The van der Waals surface area contributed by atoms with Crippen LogP contribution in [0, 0.1) is 0 Å². The van der Waals surface area contributed by atoms with Crippen molar-refractivity contribution in [3.63, 3.8) is 0 Å². The number of hydrogen-bond donors (Lipinski definition) is 0. The van der Waals surface area contributed by atoms with Crippen LogP contribution < -0.4 is 0 Å². The average molecular weight is 335 g/mol. The molecule has 0 aromatic heterocycles. The van der Waals surface area contributed by atoms with Gasteiger partial charge in [-0.2, -0.15) is 11.2 Å². The first-order chi connectivity index (χ1) is 10.3. The van der Waals surface area contributed by atoms with E-state index < -0.39 is 7.22 Å². The SMILES string of the molecule is C=C[C@H](CCc1ccccc1)S[Si](C(C)C)(C(C)C)C(C)C. The molecule has 0 radical (unpaired) electrons. The van der Waals surface area contributed by atoms with E-state index in [1.807, 2.05) is 0 Å². The number of hydrogen-bond acceptors (Lipinski definition) is 1. The van der Waals surface area contributed by atoms with E-state index in [0.717, 1.165) is 23.0 Å². The van der Waals surface area contributed by atoms with Gasteiger partial charge in [0.05, 0.1) is 0 Å². The Morgan fingerprint density at radius 1 is 0.955 bits per heavy atom. The fourth-order valence-corrected chi connectivity index (χ4v) is 14.2. The van der Waals surface area contributed by atoms with Crippen molar-refractivity contribution in [1.82, 2.24) is 0 Å². The predicted octanol–water partition coefficient (Wildman–Crippen LogP) is 7.08. The van der Waals surface area contributed by atoms with Gasteiger partial charge in [-0.1, -0.05) is 78.0 Å². The molecule has 0 aliphatic carbocycles. The molecule has 0 N–H and O–H groups in total. The van der Waals surface area contributed by atoms with Crippen molar-refractivity contribution in [2.24, 2.45) is 0 Å². The molecule has 1 aromatic rings. The van der Waals surface area contributed by atoms with Gasteiger partial charge in [-0.05, 0) is 35.0 Å². The number of benzene rings is 1. The summed E-state index contributed by atoms with van der Waals surface area (Å²) in [7, 11) is -1.40. The summed E-state index contributed by atoms with van der Waals surface area (Å²) in [5.74, 6) is 0. The van der Waals surface area contributed by atoms with Gasteiger partial charge in [-0.3, -0.25) is 0 Å². The monoisotopic (exact) mass is 334 g/mol. The first-order valence-corrected chi connectivity index (χ1v) is 12.5. The maximum atomic E-state index is 4.14. The molecule has 2 heteroatoms. The summed E-state index contributed by atoms with van der Waals surface area (Å²) in [6, 6.07) is 10.9. The molecule has 0 fully saturated rings. The second-order valence-corrected chi connectivity index (χ2v) is 16.1. The highest BCUT2D eigenvalue weighted by molar-refractivity contribution is 8.29. The second-order valence-electron chi connectivity index (χ2n) is 7.23. The lowest BCUT2D eigenvalue weighted by Gasteiger charge is -2.44. The van der Waals surface area contributed by atoms with Gasteiger partial charge < -0.3 is 0 Å². The van der Waals surface area contributed by atoms with Gasteiger partial charge in [0.2, 0.25) is 0 Å². The van der Waals surface area contributed by atoms with Crippen molar-refractivity contribution in [1.29, 1.82) is 0 Å². The van der Waals surface area contributed by atoms with Crippen molar-refractivity contribution >= 4 is 18.4 Å². The van der Waals surface area contributed by atoms with Crippen molar-refractivity contribution in [2.75, 3.05) is 0 Å². The van der Waals surface area contributed by atoms with E-state index in [0.29, 0.717) is 5.25 Å². The molecule has 0 heterocycles. The van der Waals surface area contributed by atoms with E-state index in [1.165, 1.54) is 12.0 Å². The molecule has 1 atom stereocenters. The molecule has 0 bridgehead atoms. The van der Waals surface area contributed by atoms with Crippen LogP contribution in [-0.2, 0) is 6.42 Å². The highest BCUT2D eigenvalue weighted by Gasteiger charge is 2.44. The Balaban J connectivity index is 2.82. The molecule has 0 aliphatic rings. The lowest BCUT2D eigenvalue weighted by atomic mass is 10.1. The maximum Gasteiger partial charge on any atom is 0.125 e. The zero-order valence-corrected chi connectivity index (χ0v) is 17.1. The van der Waals surface area contributed by atoms with E-state index in [2.05, 4.69) is 95.7 Å². The maximum absolute atomic E-state index is 4.14. The minimum absolute atomic E-state index is 0.582. The van der Waals surface area contributed by atoms with Crippen LogP contribution in [0.5, 0.6) is 0 Å². The summed E-state index contributed by atoms with van der Waals surface area (Å²) in [5.41, 5.74) is 3.85. The Hall–Kier alpha value is -0.473. The molecule has 22 heavy (non-hydrogen) atoms. The third kappa shape index (κ3) is 4.76. The quantitative estimate of drug-likeness (QED) is 0.343. The van der Waals surface area contributed by atoms with Gasteiger partial charge in [0.15, 0.2) is 0 Å². The van der Waals surface area contributed by atoms with E-state index in [1.54, 1.807) is 0 Å². The summed E-state index contributed by atoms with van der Waals surface area (Å²) >= 11 is 2.30. The summed E-state index contributed by atoms with van der Waals surface area (Å²) in [6.45, 7) is 18.8. The van der Waals surface area contributed by atoms with E-state index in [4.69, 9.17) is 0 Å². The molecule has 0 amide bonds. The lowest BCUT2D eigenvalue weighted by Crippen LogP contribution is -2.42. The molecule has 1 aromatic carbocycles. The Labute approximate surface area is 143 Å². The highest BCUT2D eigenvalue weighted by Crippen LogP contribution is 2.51. The van der Waals surface area contributed by atoms with Gasteiger partial charge in [0, 0.05) is 5.25 Å². The van der Waals surface area contributed by atoms with Crippen LogP contribution in [0.1, 0.15) is 53.5 Å². The summed E-state index contributed by atoms with van der Waals surface area (Å²) in [6.07, 6.45) is 4.56. The minimum atomic E-state index is -1.40. The molecule has 0 nitrogen and oxygen atoms in total. The fourth-order valence-electron chi connectivity index (χ4n) is 3.85. The van der Waals surface area contributed by atoms with Crippen LogP contribution in [0.15, 0.2) is 43.0 Å². The van der Waals surface area contributed by atoms with Gasteiger partial charge in [-0.15, -0.1) is 6.58 Å². The number of rotatable bonds is 9. The third-order valence-electron chi connectivity index (χ3n) is 4.89. The van der Waals surface area contributed by atoms with E-state index >= 15 is 0 Å². The Morgan fingerprint density at radius 2 is 1.45 bits per heavy atom. The molecule has 0 spiro atoms. The fraction of sp³-hybridized carbons (Fsp3) is 0.600. The normalized spacial score (nSPS) is 13.9. The average Bonchev–Trinajstić information content (AvgIpc) is 2.47. The zero-order chi connectivity index (χ0) is 16.8. The predicted molar refractivity (Wildman–Crippen MR) is 107 cm³/mol. The Morgan fingerprint density at radius 3 is 1.86 bits per heavy atom. The van der Waals surface area contributed by atoms with Crippen LogP contribution in [0.25, 0.3) is 0 Å². The molecule has 1 rings (SSSR count). The Bertz CT molecular complexity index is 415. The standard InChI is InChI=1S/C20H34SSi/c1-8-20(15-14-19-12-10-9-11-13-19)21-22(16(2)3,17(4)5)18(6)7/h8-13,16-18,20H,1,14-15H2,2-7H3/t20-/m1/s1. The molecule has 0 unspecified atom stereocenters. The topological polar surface area (TPSA) is 0 Å². The van der Waals surface area contributed by atoms with Crippen molar-refractivity contribution in [3.8, 4) is 0 Å². The Kier molecular flexibility index (Phi) is 7.99. The molecular formula is C20H34SSi. The largest absolute Gasteiger partial charge is 0.177 e. The van der Waals surface area contributed by atoms with Crippen LogP contribution in [0.4, 0.5) is 0 Å². The van der Waals surface area contributed by atoms with Gasteiger partial charge in [0.25, 0.3) is 0 Å². The zero-order valence-electron chi connectivity index (χ0n) is 15.3. The van der Waals surface area contributed by atoms with Crippen molar-refractivity contribution < 1.29 is 0 Å². The van der Waals surface area contributed by atoms with E-state index in [-0.39, 0.29) is 0 Å². The summed E-state index contributed by atoms with van der Waals surface area (Å²) in [5, 5.41) is 0.582. The number of aryl methyl sites for hydroxylation is 1. The molecule has 0 aliphatic heterocycles. The van der Waals surface area contributed by atoms with E-state index in [9.17, 15) is 0 Å². The van der Waals surface area contributed by atoms with Crippen molar-refractivity contribution in [3.05, 3.63) is 48.6 Å². The highest BCUT2D eigenvalue weighted by atomic mass is 32.4. The summed E-state index contributed by atoms with van der Waals surface area (Å²) < 4.78 is 0. The van der Waals surface area contributed by atoms with Gasteiger partial charge in [0.1, 0.15) is 7.22 Å². The molecule has 0 saturated heterocycles. The van der Waals surface area contributed by atoms with Crippen LogP contribution in [0.2, 0.25) is 16.6 Å². The summed E-state index contributed by atoms with van der Waals surface area (Å²) in [4.78, 5) is 0. The van der Waals surface area contributed by atoms with Gasteiger partial charge >= 0.3 is 0 Å². The van der Waals surface area contributed by atoms with Crippen LogP contribution in [-0.4, -0.2) is 12.5 Å². The lowest BCUT2D eigenvalue weighted by molar-refractivity contribution is 0.838. The van der Waals surface area contributed by atoms with Crippen LogP contribution >= 0.6 is 11.2 Å². The minimum Gasteiger partial charge on any atom is -0.177 e.